The molecular formula is C13H19N3S. The molecule has 1 N–H and O–H groups in total. The molecular weight excluding hydrogens is 230 g/mol. The summed E-state index contributed by atoms with van der Waals surface area (Å²) in [5.74, 6) is 2.38. The van der Waals surface area contributed by atoms with Crippen molar-refractivity contribution in [3.63, 3.8) is 0 Å². The van der Waals surface area contributed by atoms with Crippen LogP contribution in [0.15, 0.2) is 18.3 Å². The maximum absolute atomic E-state index is 8.75. The summed E-state index contributed by atoms with van der Waals surface area (Å²) >= 11 is 1.97. The predicted molar refractivity (Wildman–Crippen MR) is 72.9 cm³/mol. The molecule has 0 radical (unpaired) electrons. The van der Waals surface area contributed by atoms with E-state index in [4.69, 9.17) is 5.26 Å². The maximum Gasteiger partial charge on any atom is 0.140 e. The molecule has 1 heterocycles. The Morgan fingerprint density at radius 2 is 2.41 bits per heavy atom. The third kappa shape index (κ3) is 5.71. The second-order valence-electron chi connectivity index (χ2n) is 3.93. The first-order chi connectivity index (χ1) is 8.26. The summed E-state index contributed by atoms with van der Waals surface area (Å²) < 4.78 is 0. The van der Waals surface area contributed by atoms with Crippen molar-refractivity contribution in [2.24, 2.45) is 0 Å². The number of hydrogen-bond donors (Lipinski definition) is 1. The fraction of sp³-hybridized carbons (Fsp3) is 0.538. The summed E-state index contributed by atoms with van der Waals surface area (Å²) in [6.07, 6.45) is 2.86. The van der Waals surface area contributed by atoms with Gasteiger partial charge < -0.3 is 5.32 Å². The SMILES string of the molecule is CCSCCC(C)NCc1ccnc(C#N)c1. The molecule has 0 aliphatic carbocycles. The van der Waals surface area contributed by atoms with Crippen molar-refractivity contribution in [3.05, 3.63) is 29.6 Å². The first-order valence-electron chi connectivity index (χ1n) is 5.92. The highest BCUT2D eigenvalue weighted by molar-refractivity contribution is 7.99. The molecule has 1 aromatic rings. The molecule has 1 unspecified atom stereocenters. The van der Waals surface area contributed by atoms with E-state index in [1.54, 1.807) is 6.20 Å². The van der Waals surface area contributed by atoms with Crippen molar-refractivity contribution >= 4 is 11.8 Å². The monoisotopic (exact) mass is 249 g/mol. The van der Waals surface area contributed by atoms with Gasteiger partial charge in [0.15, 0.2) is 0 Å². The molecule has 4 heteroatoms. The molecule has 0 spiro atoms. The molecule has 1 aromatic heterocycles. The van der Waals surface area contributed by atoms with Gasteiger partial charge in [-0.3, -0.25) is 0 Å². The minimum Gasteiger partial charge on any atom is -0.310 e. The lowest BCUT2D eigenvalue weighted by molar-refractivity contribution is 0.537. The highest BCUT2D eigenvalue weighted by Gasteiger charge is 2.02. The lowest BCUT2D eigenvalue weighted by Crippen LogP contribution is -2.26. The van der Waals surface area contributed by atoms with Gasteiger partial charge >= 0.3 is 0 Å². The molecule has 0 bridgehead atoms. The summed E-state index contributed by atoms with van der Waals surface area (Å²) in [6.45, 7) is 5.18. The van der Waals surface area contributed by atoms with Crippen LogP contribution in [0.25, 0.3) is 0 Å². The summed E-state index contributed by atoms with van der Waals surface area (Å²) in [5.41, 5.74) is 1.60. The third-order valence-corrected chi connectivity index (χ3v) is 3.43. The smallest absolute Gasteiger partial charge is 0.140 e. The Hall–Kier alpha value is -1.05. The number of pyridine rings is 1. The second-order valence-corrected chi connectivity index (χ2v) is 5.32. The number of nitrogens with one attached hydrogen (secondary N) is 1. The molecule has 0 saturated carbocycles. The molecule has 1 atom stereocenters. The van der Waals surface area contributed by atoms with Crippen LogP contribution in [0.5, 0.6) is 0 Å². The number of nitriles is 1. The predicted octanol–water partition coefficient (Wildman–Crippen LogP) is 2.57. The van der Waals surface area contributed by atoms with Gasteiger partial charge in [0.05, 0.1) is 0 Å². The standard InChI is InChI=1S/C13H19N3S/c1-3-17-7-5-11(2)16-10-12-4-6-15-13(8-12)9-14/h4,6,8,11,16H,3,5,7,10H2,1-2H3. The van der Waals surface area contributed by atoms with Crippen LogP contribution >= 0.6 is 11.8 Å². The zero-order valence-corrected chi connectivity index (χ0v) is 11.3. The Morgan fingerprint density at radius 3 is 3.12 bits per heavy atom. The van der Waals surface area contributed by atoms with Crippen molar-refractivity contribution < 1.29 is 0 Å². The van der Waals surface area contributed by atoms with Crippen LogP contribution in [-0.4, -0.2) is 22.5 Å². The average molecular weight is 249 g/mol. The van der Waals surface area contributed by atoms with Gasteiger partial charge in [-0.15, -0.1) is 0 Å². The first kappa shape index (κ1) is 14.0. The zero-order valence-electron chi connectivity index (χ0n) is 10.4. The van der Waals surface area contributed by atoms with Crippen LogP contribution in [0, 0.1) is 11.3 Å². The normalized spacial score (nSPS) is 12.1. The molecule has 3 nitrogen and oxygen atoms in total. The molecule has 0 amide bonds. The Morgan fingerprint density at radius 1 is 1.59 bits per heavy atom. The molecule has 1 rings (SSSR count). The van der Waals surface area contributed by atoms with E-state index in [1.165, 1.54) is 17.9 Å². The topological polar surface area (TPSA) is 48.7 Å². The van der Waals surface area contributed by atoms with Crippen LogP contribution in [0.2, 0.25) is 0 Å². The van der Waals surface area contributed by atoms with Crippen LogP contribution in [-0.2, 0) is 6.54 Å². The van der Waals surface area contributed by atoms with E-state index in [0.717, 1.165) is 12.1 Å². The number of hydrogen-bond acceptors (Lipinski definition) is 4. The summed E-state index contributed by atoms with van der Waals surface area (Å²) in [6, 6.07) is 6.34. The van der Waals surface area contributed by atoms with Gasteiger partial charge in [-0.1, -0.05) is 6.92 Å². The Bertz CT molecular complexity index is 373. The number of aromatic nitrogens is 1. The van der Waals surface area contributed by atoms with Crippen molar-refractivity contribution in [1.82, 2.24) is 10.3 Å². The van der Waals surface area contributed by atoms with Gasteiger partial charge in [-0.05, 0) is 42.5 Å². The Labute approximate surface area is 108 Å². The number of nitrogens with zero attached hydrogens (tertiary/aromatic N) is 2. The van der Waals surface area contributed by atoms with Crippen molar-refractivity contribution in [2.75, 3.05) is 11.5 Å². The summed E-state index contributed by atoms with van der Waals surface area (Å²) in [7, 11) is 0. The first-order valence-corrected chi connectivity index (χ1v) is 7.08. The Kier molecular flexibility index (Phi) is 6.68. The molecule has 17 heavy (non-hydrogen) atoms. The van der Waals surface area contributed by atoms with E-state index in [9.17, 15) is 0 Å². The number of thioether (sulfide) groups is 1. The molecule has 0 fully saturated rings. The van der Waals surface area contributed by atoms with E-state index in [2.05, 4.69) is 30.2 Å². The highest BCUT2D eigenvalue weighted by atomic mass is 32.2. The van der Waals surface area contributed by atoms with Gasteiger partial charge in [0.2, 0.25) is 0 Å². The lowest BCUT2D eigenvalue weighted by Gasteiger charge is -2.13. The van der Waals surface area contributed by atoms with Crippen LogP contribution in [0.4, 0.5) is 0 Å². The van der Waals surface area contributed by atoms with Gasteiger partial charge in [0.1, 0.15) is 11.8 Å². The van der Waals surface area contributed by atoms with Crippen LogP contribution < -0.4 is 5.32 Å². The lowest BCUT2D eigenvalue weighted by atomic mass is 10.2. The summed E-state index contributed by atoms with van der Waals surface area (Å²) in [5, 5.41) is 12.2. The molecule has 0 aliphatic heterocycles. The fourth-order valence-corrected chi connectivity index (χ4v) is 2.25. The van der Waals surface area contributed by atoms with E-state index < -0.39 is 0 Å². The maximum atomic E-state index is 8.75. The van der Waals surface area contributed by atoms with Crippen LogP contribution in [0.1, 0.15) is 31.5 Å². The van der Waals surface area contributed by atoms with Crippen LogP contribution in [0.3, 0.4) is 0 Å². The van der Waals surface area contributed by atoms with Crippen molar-refractivity contribution in [2.45, 2.75) is 32.9 Å². The molecule has 0 aromatic carbocycles. The van der Waals surface area contributed by atoms with Gasteiger partial charge in [0, 0.05) is 18.8 Å². The van der Waals surface area contributed by atoms with E-state index in [1.807, 2.05) is 23.9 Å². The van der Waals surface area contributed by atoms with Crippen molar-refractivity contribution in [1.29, 1.82) is 5.26 Å². The third-order valence-electron chi connectivity index (χ3n) is 2.49. The molecule has 0 aliphatic rings. The molecule has 92 valence electrons. The second kappa shape index (κ2) is 8.10. The van der Waals surface area contributed by atoms with Gasteiger partial charge in [0.25, 0.3) is 0 Å². The van der Waals surface area contributed by atoms with E-state index in [-0.39, 0.29) is 0 Å². The summed E-state index contributed by atoms with van der Waals surface area (Å²) in [4.78, 5) is 3.95. The minimum atomic E-state index is 0.485. The Balaban J connectivity index is 2.32. The minimum absolute atomic E-state index is 0.485. The fourth-order valence-electron chi connectivity index (χ4n) is 1.44. The van der Waals surface area contributed by atoms with Gasteiger partial charge in [-0.2, -0.15) is 17.0 Å². The van der Waals surface area contributed by atoms with Gasteiger partial charge in [-0.25, -0.2) is 4.98 Å². The average Bonchev–Trinajstić information content (AvgIpc) is 2.37. The zero-order chi connectivity index (χ0) is 12.5. The molecule has 0 saturated heterocycles. The number of rotatable bonds is 7. The quantitative estimate of drug-likeness (QED) is 0.755. The van der Waals surface area contributed by atoms with Crippen molar-refractivity contribution in [3.8, 4) is 6.07 Å². The van der Waals surface area contributed by atoms with E-state index >= 15 is 0 Å². The van der Waals surface area contributed by atoms with E-state index in [0.29, 0.717) is 11.7 Å². The highest BCUT2D eigenvalue weighted by Crippen LogP contribution is 2.05. The largest absolute Gasteiger partial charge is 0.310 e.